The minimum absolute atomic E-state index is 0.0306. The summed E-state index contributed by atoms with van der Waals surface area (Å²) in [6, 6.07) is 9.18. The van der Waals surface area contributed by atoms with Gasteiger partial charge in [-0.25, -0.2) is 8.42 Å². The van der Waals surface area contributed by atoms with Gasteiger partial charge in [0.2, 0.25) is 9.84 Å². The van der Waals surface area contributed by atoms with Gasteiger partial charge in [-0.1, -0.05) is 23.2 Å². The van der Waals surface area contributed by atoms with Crippen LogP contribution in [0.3, 0.4) is 0 Å². The van der Waals surface area contributed by atoms with Crippen LogP contribution in [0, 0.1) is 11.3 Å². The molecule has 1 aliphatic heterocycles. The number of sulfone groups is 1. The summed E-state index contributed by atoms with van der Waals surface area (Å²) in [7, 11) is -1.02. The Labute approximate surface area is 160 Å². The minimum atomic E-state index is -3.93. The molecular formula is C17H12Cl2N2O4S. The zero-order valence-electron chi connectivity index (χ0n) is 13.7. The molecule has 9 heteroatoms. The number of hydrogen-bond donors (Lipinski definition) is 0. The number of nitriles is 1. The molecule has 2 aromatic carbocycles. The third-order valence-electron chi connectivity index (χ3n) is 3.83. The van der Waals surface area contributed by atoms with Gasteiger partial charge in [0, 0.05) is 23.4 Å². The zero-order chi connectivity index (χ0) is 19.1. The van der Waals surface area contributed by atoms with Crippen molar-refractivity contribution < 1.29 is 17.9 Å². The molecule has 0 fully saturated rings. The number of anilines is 2. The van der Waals surface area contributed by atoms with E-state index in [-0.39, 0.29) is 4.90 Å². The quantitative estimate of drug-likeness (QED) is 0.749. The van der Waals surface area contributed by atoms with Crippen molar-refractivity contribution in [2.24, 2.45) is 0 Å². The van der Waals surface area contributed by atoms with E-state index >= 15 is 0 Å². The largest absolute Gasteiger partial charge is 0.495 e. The van der Waals surface area contributed by atoms with E-state index in [0.717, 1.165) is 0 Å². The van der Waals surface area contributed by atoms with Gasteiger partial charge >= 0.3 is 0 Å². The molecule has 0 aromatic heterocycles. The molecule has 1 heterocycles. The van der Waals surface area contributed by atoms with Gasteiger partial charge in [0.15, 0.2) is 4.91 Å². The first kappa shape index (κ1) is 18.4. The van der Waals surface area contributed by atoms with Crippen LogP contribution in [0.15, 0.2) is 46.3 Å². The number of nitrogens with zero attached hydrogens (tertiary/aromatic N) is 2. The first-order chi connectivity index (χ1) is 12.3. The van der Waals surface area contributed by atoms with Crippen LogP contribution in [0.4, 0.5) is 11.4 Å². The van der Waals surface area contributed by atoms with Gasteiger partial charge in [-0.15, -0.1) is 0 Å². The maximum absolute atomic E-state index is 12.6. The van der Waals surface area contributed by atoms with Crippen molar-refractivity contribution in [1.29, 1.82) is 5.26 Å². The molecule has 26 heavy (non-hydrogen) atoms. The van der Waals surface area contributed by atoms with E-state index in [1.807, 2.05) is 0 Å². The Morgan fingerprint density at radius 2 is 1.73 bits per heavy atom. The standard InChI is InChI=1S/C17H12Cl2N2O4S/c1-24-15-7-13(16(25-2)6-12(15)19)21-9-11(8-20)26(22,23)17-4-3-10(18)5-14(17)21/h3-7,9H,1-2H3. The van der Waals surface area contributed by atoms with Crippen molar-refractivity contribution in [3.63, 3.8) is 0 Å². The third kappa shape index (κ3) is 2.86. The molecule has 134 valence electrons. The summed E-state index contributed by atoms with van der Waals surface area (Å²) in [5, 5.41) is 9.99. The molecule has 0 amide bonds. The number of fused-ring (bicyclic) bond motifs is 1. The van der Waals surface area contributed by atoms with Crippen LogP contribution in [-0.4, -0.2) is 22.6 Å². The molecule has 3 rings (SSSR count). The van der Waals surface area contributed by atoms with Gasteiger partial charge in [-0.05, 0) is 18.2 Å². The first-order valence-electron chi connectivity index (χ1n) is 7.20. The zero-order valence-corrected chi connectivity index (χ0v) is 16.0. The number of rotatable bonds is 3. The number of benzene rings is 2. The number of allylic oxidation sites excluding steroid dienone is 1. The maximum Gasteiger partial charge on any atom is 0.220 e. The Kier molecular flexibility index (Phi) is 4.76. The van der Waals surface area contributed by atoms with Gasteiger partial charge in [-0.3, -0.25) is 0 Å². The van der Waals surface area contributed by atoms with Crippen LogP contribution in [0.25, 0.3) is 0 Å². The number of ether oxygens (including phenoxy) is 2. The summed E-state index contributed by atoms with van der Waals surface area (Å²) < 4.78 is 35.8. The Morgan fingerprint density at radius 1 is 1.04 bits per heavy atom. The van der Waals surface area contributed by atoms with Crippen molar-refractivity contribution >= 4 is 44.4 Å². The number of halogens is 2. The SMILES string of the molecule is COc1cc(N2C=C(C#N)S(=O)(=O)c3ccc(Cl)cc32)c(OC)cc1Cl. The molecule has 6 nitrogen and oxygen atoms in total. The molecule has 0 unspecified atom stereocenters. The summed E-state index contributed by atoms with van der Waals surface area (Å²) in [5.41, 5.74) is 0.735. The highest BCUT2D eigenvalue weighted by Crippen LogP contribution is 2.46. The molecule has 0 bridgehead atoms. The highest BCUT2D eigenvalue weighted by Gasteiger charge is 2.33. The van der Waals surface area contributed by atoms with Crippen LogP contribution in [-0.2, 0) is 9.84 Å². The van der Waals surface area contributed by atoms with Crippen LogP contribution in [0.1, 0.15) is 0 Å². The van der Waals surface area contributed by atoms with Crippen LogP contribution in [0.5, 0.6) is 11.5 Å². The van der Waals surface area contributed by atoms with Gasteiger partial charge in [0.25, 0.3) is 0 Å². The van der Waals surface area contributed by atoms with Gasteiger partial charge in [0.05, 0.1) is 35.5 Å². The molecule has 0 atom stereocenters. The maximum atomic E-state index is 12.6. The number of hydrogen-bond acceptors (Lipinski definition) is 6. The predicted octanol–water partition coefficient (Wildman–Crippen LogP) is 4.30. The molecule has 0 N–H and O–H groups in total. The van der Waals surface area contributed by atoms with E-state index in [1.165, 1.54) is 43.5 Å². The lowest BCUT2D eigenvalue weighted by atomic mass is 10.2. The number of methoxy groups -OCH3 is 2. The van der Waals surface area contributed by atoms with Gasteiger partial charge in [-0.2, -0.15) is 5.26 Å². The van der Waals surface area contributed by atoms with Gasteiger partial charge < -0.3 is 14.4 Å². The fourth-order valence-corrected chi connectivity index (χ4v) is 4.28. The minimum Gasteiger partial charge on any atom is -0.495 e. The van der Waals surface area contributed by atoms with Crippen molar-refractivity contribution in [2.45, 2.75) is 4.90 Å². The van der Waals surface area contributed by atoms with Crippen molar-refractivity contribution in [1.82, 2.24) is 0 Å². The lowest BCUT2D eigenvalue weighted by molar-refractivity contribution is 0.404. The molecule has 0 saturated carbocycles. The van der Waals surface area contributed by atoms with Gasteiger partial charge in [0.1, 0.15) is 17.6 Å². The van der Waals surface area contributed by atoms with Crippen LogP contribution < -0.4 is 14.4 Å². The van der Waals surface area contributed by atoms with E-state index in [1.54, 1.807) is 18.2 Å². The molecule has 2 aromatic rings. The summed E-state index contributed by atoms with van der Waals surface area (Å²) in [6.45, 7) is 0. The normalized spacial score (nSPS) is 14.9. The van der Waals surface area contributed by atoms with Crippen molar-refractivity contribution in [3.05, 3.63) is 51.5 Å². The third-order valence-corrected chi connectivity index (χ3v) is 6.06. The topological polar surface area (TPSA) is 79.6 Å². The molecule has 0 saturated heterocycles. The second-order valence-corrected chi connectivity index (χ2v) is 7.98. The predicted molar refractivity (Wildman–Crippen MR) is 99.0 cm³/mol. The summed E-state index contributed by atoms with van der Waals surface area (Å²) >= 11 is 12.2. The average Bonchev–Trinajstić information content (AvgIpc) is 2.61. The van der Waals surface area contributed by atoms with E-state index in [9.17, 15) is 13.7 Å². The molecule has 0 aliphatic carbocycles. The Balaban J connectivity index is 2.36. The molecule has 0 spiro atoms. The molecule has 0 radical (unpaired) electrons. The Bertz CT molecular complexity index is 1070. The highest BCUT2D eigenvalue weighted by atomic mass is 35.5. The summed E-state index contributed by atoms with van der Waals surface area (Å²) in [4.78, 5) is 1.08. The highest BCUT2D eigenvalue weighted by molar-refractivity contribution is 7.95. The van der Waals surface area contributed by atoms with Crippen LogP contribution >= 0.6 is 23.2 Å². The van der Waals surface area contributed by atoms with Crippen LogP contribution in [0.2, 0.25) is 10.0 Å². The summed E-state index contributed by atoms with van der Waals surface area (Å²) in [6.07, 6.45) is 1.22. The lowest BCUT2D eigenvalue weighted by Crippen LogP contribution is -2.21. The average molecular weight is 411 g/mol. The van der Waals surface area contributed by atoms with E-state index in [0.29, 0.717) is 32.9 Å². The summed E-state index contributed by atoms with van der Waals surface area (Å²) in [5.74, 6) is 0.737. The second kappa shape index (κ2) is 6.72. The van der Waals surface area contributed by atoms with E-state index in [2.05, 4.69) is 0 Å². The first-order valence-corrected chi connectivity index (χ1v) is 9.44. The fourth-order valence-electron chi connectivity index (χ4n) is 2.60. The van der Waals surface area contributed by atoms with E-state index in [4.69, 9.17) is 32.7 Å². The molecular weight excluding hydrogens is 399 g/mol. The molecule has 1 aliphatic rings. The van der Waals surface area contributed by atoms with Crippen molar-refractivity contribution in [2.75, 3.05) is 19.1 Å². The Hall–Kier alpha value is -2.40. The van der Waals surface area contributed by atoms with E-state index < -0.39 is 14.7 Å². The smallest absolute Gasteiger partial charge is 0.220 e. The van der Waals surface area contributed by atoms with Crippen molar-refractivity contribution in [3.8, 4) is 17.6 Å². The fraction of sp³-hybridized carbons (Fsp3) is 0.118. The second-order valence-electron chi connectivity index (χ2n) is 5.25. The lowest BCUT2D eigenvalue weighted by Gasteiger charge is -2.29. The Morgan fingerprint density at radius 3 is 2.35 bits per heavy atom. The monoisotopic (exact) mass is 410 g/mol.